The van der Waals surface area contributed by atoms with E-state index >= 15 is 0 Å². The molecule has 2 heterocycles. The van der Waals surface area contributed by atoms with Crippen LogP contribution in [0.3, 0.4) is 0 Å². The molecule has 0 spiro atoms. The molecule has 0 aliphatic heterocycles. The van der Waals surface area contributed by atoms with Gasteiger partial charge in [-0.15, -0.1) is 0 Å². The molecule has 1 aromatic carbocycles. The smallest absolute Gasteiger partial charge is 0.227 e. The number of aryl methyl sites for hydroxylation is 2. The topological polar surface area (TPSA) is 82.8 Å². The van der Waals surface area contributed by atoms with E-state index in [1.54, 1.807) is 0 Å². The molecule has 6 heteroatoms. The van der Waals surface area contributed by atoms with Crippen LogP contribution in [0.15, 0.2) is 28.8 Å². The molecule has 0 unspecified atom stereocenters. The van der Waals surface area contributed by atoms with Gasteiger partial charge in [-0.3, -0.25) is 4.68 Å². The minimum Gasteiger partial charge on any atom is -0.339 e. The summed E-state index contributed by atoms with van der Waals surface area (Å²) in [6.45, 7) is 10.1. The van der Waals surface area contributed by atoms with Gasteiger partial charge in [-0.2, -0.15) is 10.1 Å². The first-order chi connectivity index (χ1) is 12.5. The van der Waals surface area contributed by atoms with Crippen LogP contribution in [0.5, 0.6) is 0 Å². The average Bonchev–Trinajstić information content (AvgIpc) is 3.19. The van der Waals surface area contributed by atoms with Crippen LogP contribution in [-0.2, 0) is 25.9 Å². The molecule has 0 bridgehead atoms. The molecule has 0 fully saturated rings. The highest BCUT2D eigenvalue weighted by Gasteiger charge is 2.15. The second-order valence-electron chi connectivity index (χ2n) is 7.14. The van der Waals surface area contributed by atoms with Crippen molar-refractivity contribution in [1.29, 1.82) is 0 Å². The van der Waals surface area contributed by atoms with Gasteiger partial charge in [0.25, 0.3) is 0 Å². The third-order valence-corrected chi connectivity index (χ3v) is 4.57. The van der Waals surface area contributed by atoms with E-state index in [9.17, 15) is 0 Å². The van der Waals surface area contributed by atoms with Crippen LogP contribution in [-0.4, -0.2) is 19.9 Å². The average molecular weight is 353 g/mol. The van der Waals surface area contributed by atoms with Gasteiger partial charge in [0.05, 0.1) is 5.69 Å². The van der Waals surface area contributed by atoms with Gasteiger partial charge in [-0.25, -0.2) is 0 Å². The SMILES string of the molecule is Cc1nn(CC(C)C)c(C)c1CCc1nc(-c2ccc(CN)cc2)no1. The van der Waals surface area contributed by atoms with Crippen molar-refractivity contribution in [2.75, 3.05) is 0 Å². The fourth-order valence-corrected chi connectivity index (χ4v) is 3.11. The van der Waals surface area contributed by atoms with Gasteiger partial charge in [0.2, 0.25) is 11.7 Å². The Morgan fingerprint density at radius 2 is 1.85 bits per heavy atom. The van der Waals surface area contributed by atoms with Gasteiger partial charge in [-0.05, 0) is 37.3 Å². The second-order valence-corrected chi connectivity index (χ2v) is 7.14. The van der Waals surface area contributed by atoms with E-state index in [1.165, 1.54) is 11.3 Å². The molecule has 26 heavy (non-hydrogen) atoms. The maximum atomic E-state index is 5.63. The van der Waals surface area contributed by atoms with Gasteiger partial charge in [0, 0.05) is 30.8 Å². The Balaban J connectivity index is 1.69. The van der Waals surface area contributed by atoms with E-state index in [-0.39, 0.29) is 0 Å². The highest BCUT2D eigenvalue weighted by atomic mass is 16.5. The molecule has 0 radical (unpaired) electrons. The molecule has 3 rings (SSSR count). The lowest BCUT2D eigenvalue weighted by Gasteiger charge is -2.07. The number of benzene rings is 1. The molecule has 0 saturated carbocycles. The molecule has 0 saturated heterocycles. The summed E-state index contributed by atoms with van der Waals surface area (Å²) in [7, 11) is 0. The Labute approximate surface area is 154 Å². The summed E-state index contributed by atoms with van der Waals surface area (Å²) in [5, 5.41) is 8.78. The summed E-state index contributed by atoms with van der Waals surface area (Å²) in [6, 6.07) is 7.92. The van der Waals surface area contributed by atoms with Gasteiger partial charge >= 0.3 is 0 Å². The largest absolute Gasteiger partial charge is 0.339 e. The van der Waals surface area contributed by atoms with Crippen LogP contribution in [0.25, 0.3) is 11.4 Å². The fraction of sp³-hybridized carbons (Fsp3) is 0.450. The molecular weight excluding hydrogens is 326 g/mol. The number of nitrogens with two attached hydrogens (primary N) is 1. The molecular formula is C20H27N5O. The van der Waals surface area contributed by atoms with E-state index in [0.717, 1.165) is 29.8 Å². The molecule has 6 nitrogen and oxygen atoms in total. The van der Waals surface area contributed by atoms with Crippen molar-refractivity contribution in [2.24, 2.45) is 11.7 Å². The van der Waals surface area contributed by atoms with Crippen LogP contribution in [0.2, 0.25) is 0 Å². The summed E-state index contributed by atoms with van der Waals surface area (Å²) in [5.74, 6) is 1.84. The van der Waals surface area contributed by atoms with Gasteiger partial charge < -0.3 is 10.3 Å². The normalized spacial score (nSPS) is 11.5. The van der Waals surface area contributed by atoms with Crippen molar-refractivity contribution >= 4 is 0 Å². The van der Waals surface area contributed by atoms with E-state index in [2.05, 4.69) is 47.6 Å². The molecule has 0 aliphatic carbocycles. The van der Waals surface area contributed by atoms with E-state index in [0.29, 0.717) is 30.6 Å². The number of rotatable bonds is 7. The van der Waals surface area contributed by atoms with Crippen molar-refractivity contribution in [1.82, 2.24) is 19.9 Å². The summed E-state index contributed by atoms with van der Waals surface area (Å²) in [5.41, 5.74) is 11.2. The van der Waals surface area contributed by atoms with E-state index < -0.39 is 0 Å². The lowest BCUT2D eigenvalue weighted by atomic mass is 10.1. The maximum absolute atomic E-state index is 5.63. The predicted molar refractivity (Wildman–Crippen MR) is 102 cm³/mol. The number of nitrogens with zero attached hydrogens (tertiary/aromatic N) is 4. The Hall–Kier alpha value is -2.47. The lowest BCUT2D eigenvalue weighted by Crippen LogP contribution is -2.08. The first-order valence-electron chi connectivity index (χ1n) is 9.12. The summed E-state index contributed by atoms with van der Waals surface area (Å²) in [4.78, 5) is 4.53. The summed E-state index contributed by atoms with van der Waals surface area (Å²) < 4.78 is 7.54. The van der Waals surface area contributed by atoms with Crippen LogP contribution < -0.4 is 5.73 Å². The van der Waals surface area contributed by atoms with Crippen molar-refractivity contribution in [3.63, 3.8) is 0 Å². The Morgan fingerprint density at radius 3 is 2.50 bits per heavy atom. The minimum atomic E-state index is 0.529. The lowest BCUT2D eigenvalue weighted by molar-refractivity contribution is 0.378. The Bertz CT molecular complexity index is 861. The van der Waals surface area contributed by atoms with Crippen LogP contribution in [0, 0.1) is 19.8 Å². The van der Waals surface area contributed by atoms with Crippen molar-refractivity contribution < 1.29 is 4.52 Å². The third kappa shape index (κ3) is 4.02. The zero-order valence-electron chi connectivity index (χ0n) is 16.0. The zero-order chi connectivity index (χ0) is 18.7. The highest BCUT2D eigenvalue weighted by Crippen LogP contribution is 2.19. The van der Waals surface area contributed by atoms with Crippen LogP contribution in [0.4, 0.5) is 0 Å². The van der Waals surface area contributed by atoms with Crippen LogP contribution >= 0.6 is 0 Å². The van der Waals surface area contributed by atoms with E-state index in [1.807, 2.05) is 24.3 Å². The summed E-state index contributed by atoms with van der Waals surface area (Å²) >= 11 is 0. The van der Waals surface area contributed by atoms with Crippen LogP contribution in [0.1, 0.15) is 42.3 Å². The molecule has 0 aliphatic rings. The first-order valence-corrected chi connectivity index (χ1v) is 9.12. The fourth-order valence-electron chi connectivity index (χ4n) is 3.11. The third-order valence-electron chi connectivity index (χ3n) is 4.57. The van der Waals surface area contributed by atoms with Crippen molar-refractivity contribution in [2.45, 2.75) is 53.6 Å². The van der Waals surface area contributed by atoms with Gasteiger partial charge in [-0.1, -0.05) is 43.3 Å². The molecule has 2 N–H and O–H groups in total. The molecule has 0 atom stereocenters. The maximum Gasteiger partial charge on any atom is 0.227 e. The minimum absolute atomic E-state index is 0.529. The standard InChI is InChI=1S/C20H27N5O/c1-13(2)12-25-15(4)18(14(3)23-25)9-10-19-22-20(24-26-19)17-7-5-16(11-21)6-8-17/h5-8,13H,9-12,21H2,1-4H3. The van der Waals surface area contributed by atoms with Gasteiger partial charge in [0.1, 0.15) is 0 Å². The number of hydrogen-bond acceptors (Lipinski definition) is 5. The molecule has 3 aromatic rings. The summed E-state index contributed by atoms with van der Waals surface area (Å²) in [6.07, 6.45) is 1.56. The Morgan fingerprint density at radius 1 is 1.12 bits per heavy atom. The van der Waals surface area contributed by atoms with Crippen molar-refractivity contribution in [3.8, 4) is 11.4 Å². The number of aromatic nitrogens is 4. The predicted octanol–water partition coefficient (Wildman–Crippen LogP) is 3.45. The Kier molecular flexibility index (Phi) is 5.52. The number of hydrogen-bond donors (Lipinski definition) is 1. The second kappa shape index (κ2) is 7.83. The monoisotopic (exact) mass is 353 g/mol. The van der Waals surface area contributed by atoms with E-state index in [4.69, 9.17) is 10.3 Å². The van der Waals surface area contributed by atoms with Gasteiger partial charge in [0.15, 0.2) is 0 Å². The highest BCUT2D eigenvalue weighted by molar-refractivity contribution is 5.54. The first kappa shape index (κ1) is 18.3. The van der Waals surface area contributed by atoms with Crippen molar-refractivity contribution in [3.05, 3.63) is 52.7 Å². The molecule has 0 amide bonds. The quantitative estimate of drug-likeness (QED) is 0.703. The zero-order valence-corrected chi connectivity index (χ0v) is 16.0. The molecule has 2 aromatic heterocycles. The molecule has 138 valence electrons.